The van der Waals surface area contributed by atoms with Crippen LogP contribution in [-0.4, -0.2) is 5.11 Å². The summed E-state index contributed by atoms with van der Waals surface area (Å²) < 4.78 is 78.8. The highest BCUT2D eigenvalue weighted by molar-refractivity contribution is 7.80. The summed E-state index contributed by atoms with van der Waals surface area (Å²) in [6.07, 6.45) is -9.93. The standard InChI is InChI=1S/C23H19F6N3S.ClH/c24-22(25,26)16-11-17(23(27,28)29)13-18(12-16)31-21(33)32-20(15-9-5-2-6-10-15)19(30)14-7-3-1-4-8-14;/h1-13,19-20H,30H2,(H2,31,32,33);1H/t19-,20-;/m0./s1. The summed E-state index contributed by atoms with van der Waals surface area (Å²) >= 11 is 5.21. The van der Waals surface area contributed by atoms with E-state index in [1.54, 1.807) is 54.6 Å². The fourth-order valence-electron chi connectivity index (χ4n) is 3.24. The Labute approximate surface area is 203 Å². The molecule has 0 saturated carbocycles. The predicted molar refractivity (Wildman–Crippen MR) is 126 cm³/mol. The maximum atomic E-state index is 13.1. The normalized spacial score (nSPS) is 13.4. The van der Waals surface area contributed by atoms with Gasteiger partial charge in [-0.15, -0.1) is 12.4 Å². The maximum Gasteiger partial charge on any atom is 0.416 e. The Morgan fingerprint density at radius 1 is 0.735 bits per heavy atom. The molecule has 182 valence electrons. The molecule has 11 heteroatoms. The van der Waals surface area contributed by atoms with Gasteiger partial charge >= 0.3 is 12.4 Å². The Balaban J connectivity index is 0.00000408. The Morgan fingerprint density at radius 2 is 1.18 bits per heavy atom. The van der Waals surface area contributed by atoms with Crippen molar-refractivity contribution >= 4 is 35.4 Å². The van der Waals surface area contributed by atoms with Gasteiger partial charge in [-0.25, -0.2) is 0 Å². The summed E-state index contributed by atoms with van der Waals surface area (Å²) in [5.74, 6) is 0. The highest BCUT2D eigenvalue weighted by atomic mass is 35.5. The Bertz CT molecular complexity index is 1060. The molecule has 4 N–H and O–H groups in total. The lowest BCUT2D eigenvalue weighted by molar-refractivity contribution is -0.143. The quantitative estimate of drug-likeness (QED) is 0.254. The minimum atomic E-state index is -4.96. The Hall–Kier alpha value is -2.82. The Kier molecular flexibility index (Phi) is 8.93. The van der Waals surface area contributed by atoms with E-state index in [9.17, 15) is 26.3 Å². The Morgan fingerprint density at radius 3 is 1.62 bits per heavy atom. The zero-order chi connectivity index (χ0) is 24.2. The zero-order valence-electron chi connectivity index (χ0n) is 17.3. The van der Waals surface area contributed by atoms with Crippen LogP contribution in [0, 0.1) is 0 Å². The van der Waals surface area contributed by atoms with Crippen molar-refractivity contribution in [1.82, 2.24) is 5.32 Å². The molecule has 0 fully saturated rings. The van der Waals surface area contributed by atoms with E-state index in [1.165, 1.54) is 0 Å². The fourth-order valence-corrected chi connectivity index (χ4v) is 3.49. The van der Waals surface area contributed by atoms with E-state index in [0.717, 1.165) is 11.1 Å². The monoisotopic (exact) mass is 519 g/mol. The molecule has 0 bridgehead atoms. The first-order chi connectivity index (χ1) is 15.4. The number of nitrogens with two attached hydrogens (primary N) is 1. The number of alkyl halides is 6. The maximum absolute atomic E-state index is 13.1. The summed E-state index contributed by atoms with van der Waals surface area (Å²) in [4.78, 5) is 0. The fraction of sp³-hybridized carbons (Fsp3) is 0.174. The molecule has 0 aliphatic heterocycles. The third-order valence-electron chi connectivity index (χ3n) is 4.83. The van der Waals surface area contributed by atoms with Gasteiger partial charge in [-0.2, -0.15) is 26.3 Å². The molecule has 0 aliphatic rings. The van der Waals surface area contributed by atoms with Gasteiger partial charge in [0.05, 0.1) is 23.2 Å². The van der Waals surface area contributed by atoms with Crippen molar-refractivity contribution in [3.8, 4) is 0 Å². The molecule has 3 aromatic rings. The number of halogens is 7. The second-order valence-corrected chi connectivity index (χ2v) is 7.63. The summed E-state index contributed by atoms with van der Waals surface area (Å²) in [7, 11) is 0. The van der Waals surface area contributed by atoms with Gasteiger partial charge in [0, 0.05) is 5.69 Å². The molecule has 0 amide bonds. The molecule has 0 spiro atoms. The lowest BCUT2D eigenvalue weighted by Gasteiger charge is -2.27. The van der Waals surface area contributed by atoms with E-state index in [4.69, 9.17) is 18.0 Å². The van der Waals surface area contributed by atoms with E-state index in [0.29, 0.717) is 12.1 Å². The van der Waals surface area contributed by atoms with Crippen LogP contribution in [0.15, 0.2) is 78.9 Å². The topological polar surface area (TPSA) is 50.1 Å². The average molecular weight is 520 g/mol. The van der Waals surface area contributed by atoms with Gasteiger partial charge in [-0.05, 0) is 41.5 Å². The number of benzene rings is 3. The number of nitrogens with one attached hydrogen (secondary N) is 2. The van der Waals surface area contributed by atoms with Crippen LogP contribution in [0.25, 0.3) is 0 Å². The second kappa shape index (κ2) is 11.1. The van der Waals surface area contributed by atoms with Crippen LogP contribution >= 0.6 is 24.6 Å². The summed E-state index contributed by atoms with van der Waals surface area (Å²) in [6, 6.07) is 17.9. The lowest BCUT2D eigenvalue weighted by atomic mass is 9.94. The van der Waals surface area contributed by atoms with Gasteiger partial charge in [0.15, 0.2) is 5.11 Å². The van der Waals surface area contributed by atoms with Crippen molar-refractivity contribution in [1.29, 1.82) is 0 Å². The van der Waals surface area contributed by atoms with Crippen molar-refractivity contribution in [3.63, 3.8) is 0 Å². The van der Waals surface area contributed by atoms with Crippen molar-refractivity contribution < 1.29 is 26.3 Å². The second-order valence-electron chi connectivity index (χ2n) is 7.22. The summed E-state index contributed by atoms with van der Waals surface area (Å²) in [6.45, 7) is 0. The van der Waals surface area contributed by atoms with E-state index in [1.807, 2.05) is 6.07 Å². The van der Waals surface area contributed by atoms with Gasteiger partial charge in [-0.3, -0.25) is 0 Å². The molecule has 0 heterocycles. The minimum Gasteiger partial charge on any atom is -0.354 e. The number of hydrogen-bond donors (Lipinski definition) is 3. The minimum absolute atomic E-state index is 0. The molecule has 3 aromatic carbocycles. The molecule has 3 nitrogen and oxygen atoms in total. The SMILES string of the molecule is Cl.N[C@@H](c1ccccc1)[C@@H](NC(=S)Nc1cc(C(F)(F)F)cc(C(F)(F)F)c1)c1ccccc1. The molecule has 34 heavy (non-hydrogen) atoms. The van der Waals surface area contributed by atoms with Gasteiger partial charge in [-0.1, -0.05) is 60.7 Å². The number of rotatable bonds is 5. The third kappa shape index (κ3) is 7.09. The highest BCUT2D eigenvalue weighted by Gasteiger charge is 2.37. The third-order valence-corrected chi connectivity index (χ3v) is 5.05. The molecule has 0 saturated heterocycles. The van der Waals surface area contributed by atoms with Crippen molar-refractivity contribution in [3.05, 3.63) is 101 Å². The lowest BCUT2D eigenvalue weighted by Crippen LogP contribution is -2.38. The molecule has 2 atom stereocenters. The van der Waals surface area contributed by atoms with Gasteiger partial charge < -0.3 is 16.4 Å². The first-order valence-corrected chi connectivity index (χ1v) is 10.1. The molecule has 0 aromatic heterocycles. The first-order valence-electron chi connectivity index (χ1n) is 9.67. The first kappa shape index (κ1) is 27.4. The molecule has 3 rings (SSSR count). The van der Waals surface area contributed by atoms with Gasteiger partial charge in [0.2, 0.25) is 0 Å². The van der Waals surface area contributed by atoms with Crippen molar-refractivity contribution in [2.24, 2.45) is 5.73 Å². The van der Waals surface area contributed by atoms with Crippen LogP contribution in [-0.2, 0) is 12.4 Å². The number of hydrogen-bond acceptors (Lipinski definition) is 2. The van der Waals surface area contributed by atoms with Crippen molar-refractivity contribution in [2.45, 2.75) is 24.4 Å². The zero-order valence-corrected chi connectivity index (χ0v) is 19.0. The number of anilines is 1. The van der Waals surface area contributed by atoms with Crippen LogP contribution in [0.2, 0.25) is 0 Å². The van der Waals surface area contributed by atoms with Crippen LogP contribution in [0.3, 0.4) is 0 Å². The molecule has 0 aliphatic carbocycles. The smallest absolute Gasteiger partial charge is 0.354 e. The van der Waals surface area contributed by atoms with Crippen LogP contribution in [0.1, 0.15) is 34.3 Å². The van der Waals surface area contributed by atoms with Crippen molar-refractivity contribution in [2.75, 3.05) is 5.32 Å². The summed E-state index contributed by atoms with van der Waals surface area (Å²) in [5, 5.41) is 5.19. The van der Waals surface area contributed by atoms with Gasteiger partial charge in [0.1, 0.15) is 0 Å². The molecular formula is C23H20ClF6N3S. The number of thiocarbonyl (C=S) groups is 1. The molecule has 0 unspecified atom stereocenters. The molecule has 0 radical (unpaired) electrons. The predicted octanol–water partition coefficient (Wildman–Crippen LogP) is 6.87. The van der Waals surface area contributed by atoms with Crippen LogP contribution < -0.4 is 16.4 Å². The largest absolute Gasteiger partial charge is 0.416 e. The van der Waals surface area contributed by atoms with E-state index < -0.39 is 41.3 Å². The van der Waals surface area contributed by atoms with E-state index in [-0.39, 0.29) is 23.6 Å². The molecular weight excluding hydrogens is 500 g/mol. The van der Waals surface area contributed by atoms with Gasteiger partial charge in [0.25, 0.3) is 0 Å². The summed E-state index contributed by atoms with van der Waals surface area (Å²) in [5.41, 5.74) is 4.59. The van der Waals surface area contributed by atoms with E-state index in [2.05, 4.69) is 10.6 Å². The average Bonchev–Trinajstić information content (AvgIpc) is 2.77. The van der Waals surface area contributed by atoms with Crippen LogP contribution in [0.5, 0.6) is 0 Å². The van der Waals surface area contributed by atoms with E-state index >= 15 is 0 Å². The van der Waals surface area contributed by atoms with Crippen LogP contribution in [0.4, 0.5) is 32.0 Å². The highest BCUT2D eigenvalue weighted by Crippen LogP contribution is 2.37.